The number of rotatable bonds is 3. The van der Waals surface area contributed by atoms with Crippen molar-refractivity contribution in [1.82, 2.24) is 0 Å². The third-order valence-corrected chi connectivity index (χ3v) is 2.52. The van der Waals surface area contributed by atoms with Crippen LogP contribution in [0.3, 0.4) is 0 Å². The van der Waals surface area contributed by atoms with Crippen LogP contribution in [0.25, 0.3) is 0 Å². The van der Waals surface area contributed by atoms with Gasteiger partial charge in [0, 0.05) is 18.4 Å². The van der Waals surface area contributed by atoms with Crippen molar-refractivity contribution in [2.75, 3.05) is 24.3 Å². The highest BCUT2D eigenvalue weighted by Crippen LogP contribution is 2.31. The molecule has 0 saturated carbocycles. The second-order valence-electron chi connectivity index (χ2n) is 3.77. The van der Waals surface area contributed by atoms with Gasteiger partial charge in [0.2, 0.25) is 0 Å². The molecule has 0 aromatic heterocycles. The average molecular weight is 208 g/mol. The SMILES string of the molecule is Nc1ccc2c(c1)OCC(CCCO)N2. The van der Waals surface area contributed by atoms with Gasteiger partial charge in [-0.05, 0) is 25.0 Å². The third kappa shape index (κ3) is 2.33. The lowest BCUT2D eigenvalue weighted by atomic mass is 10.1. The second kappa shape index (κ2) is 4.40. The van der Waals surface area contributed by atoms with Gasteiger partial charge in [-0.3, -0.25) is 0 Å². The molecule has 4 N–H and O–H groups in total. The minimum atomic E-state index is 0.229. The van der Waals surface area contributed by atoms with E-state index in [1.807, 2.05) is 18.2 Å². The normalized spacial score (nSPS) is 18.9. The Labute approximate surface area is 89.0 Å². The van der Waals surface area contributed by atoms with Crippen LogP contribution in [-0.2, 0) is 0 Å². The van der Waals surface area contributed by atoms with Crippen molar-refractivity contribution in [3.63, 3.8) is 0 Å². The lowest BCUT2D eigenvalue weighted by Crippen LogP contribution is -2.31. The van der Waals surface area contributed by atoms with Crippen LogP contribution < -0.4 is 15.8 Å². The van der Waals surface area contributed by atoms with Crippen molar-refractivity contribution in [3.8, 4) is 5.75 Å². The maximum absolute atomic E-state index is 8.74. The van der Waals surface area contributed by atoms with E-state index >= 15 is 0 Å². The summed E-state index contributed by atoms with van der Waals surface area (Å²) < 4.78 is 5.59. The highest BCUT2D eigenvalue weighted by atomic mass is 16.5. The predicted octanol–water partition coefficient (Wildman–Crippen LogP) is 1.21. The van der Waals surface area contributed by atoms with Crippen molar-refractivity contribution in [1.29, 1.82) is 0 Å². The maximum atomic E-state index is 8.74. The number of nitrogen functional groups attached to an aromatic ring is 1. The van der Waals surface area contributed by atoms with Gasteiger partial charge in [-0.1, -0.05) is 0 Å². The molecular weight excluding hydrogens is 192 g/mol. The van der Waals surface area contributed by atoms with Crippen molar-refractivity contribution in [2.45, 2.75) is 18.9 Å². The number of aliphatic hydroxyl groups excluding tert-OH is 1. The smallest absolute Gasteiger partial charge is 0.144 e. The summed E-state index contributed by atoms with van der Waals surface area (Å²) in [5.41, 5.74) is 7.35. The fourth-order valence-electron chi connectivity index (χ4n) is 1.72. The van der Waals surface area contributed by atoms with Crippen molar-refractivity contribution >= 4 is 11.4 Å². The quantitative estimate of drug-likeness (QED) is 0.653. The van der Waals surface area contributed by atoms with Crippen LogP contribution in [0, 0.1) is 0 Å². The lowest BCUT2D eigenvalue weighted by Gasteiger charge is -2.27. The molecule has 1 aromatic rings. The Bertz CT molecular complexity index is 341. The molecule has 0 aliphatic carbocycles. The Morgan fingerprint density at radius 3 is 3.20 bits per heavy atom. The number of hydrogen-bond donors (Lipinski definition) is 3. The summed E-state index contributed by atoms with van der Waals surface area (Å²) in [6.07, 6.45) is 1.71. The van der Waals surface area contributed by atoms with Gasteiger partial charge in [0.15, 0.2) is 0 Å². The van der Waals surface area contributed by atoms with Crippen LogP contribution in [-0.4, -0.2) is 24.4 Å². The number of benzene rings is 1. The molecular formula is C11H16N2O2. The molecule has 0 spiro atoms. The van der Waals surface area contributed by atoms with Gasteiger partial charge in [0.05, 0.1) is 11.7 Å². The number of anilines is 2. The number of hydrogen-bond acceptors (Lipinski definition) is 4. The van der Waals surface area contributed by atoms with Gasteiger partial charge in [0.1, 0.15) is 12.4 Å². The van der Waals surface area contributed by atoms with Crippen molar-refractivity contribution < 1.29 is 9.84 Å². The zero-order valence-electron chi connectivity index (χ0n) is 8.57. The molecule has 0 fully saturated rings. The summed E-state index contributed by atoms with van der Waals surface area (Å²) in [6, 6.07) is 5.89. The summed E-state index contributed by atoms with van der Waals surface area (Å²) in [6.45, 7) is 0.864. The molecule has 1 aromatic carbocycles. The second-order valence-corrected chi connectivity index (χ2v) is 3.77. The Hall–Kier alpha value is -1.42. The first kappa shape index (κ1) is 10.1. The van der Waals surface area contributed by atoms with Gasteiger partial charge in [-0.2, -0.15) is 0 Å². The standard InChI is InChI=1S/C11H16N2O2/c12-8-3-4-10-11(6-8)15-7-9(13-10)2-1-5-14/h3-4,6,9,13-14H,1-2,5,7,12H2. The van der Waals surface area contributed by atoms with E-state index in [0.717, 1.165) is 24.3 Å². The monoisotopic (exact) mass is 208 g/mol. The third-order valence-electron chi connectivity index (χ3n) is 2.52. The molecule has 1 unspecified atom stereocenters. The topological polar surface area (TPSA) is 67.5 Å². The van der Waals surface area contributed by atoms with Crippen LogP contribution in [0.1, 0.15) is 12.8 Å². The Balaban J connectivity index is 2.03. The Morgan fingerprint density at radius 1 is 1.53 bits per heavy atom. The predicted molar refractivity (Wildman–Crippen MR) is 60.1 cm³/mol. The molecule has 0 radical (unpaired) electrons. The molecule has 0 amide bonds. The van der Waals surface area contributed by atoms with E-state index in [1.165, 1.54) is 0 Å². The first-order chi connectivity index (χ1) is 7.29. The van der Waals surface area contributed by atoms with Gasteiger partial charge >= 0.3 is 0 Å². The first-order valence-electron chi connectivity index (χ1n) is 5.19. The van der Waals surface area contributed by atoms with Crippen molar-refractivity contribution in [2.24, 2.45) is 0 Å². The fourth-order valence-corrected chi connectivity index (χ4v) is 1.72. The summed E-state index contributed by atoms with van der Waals surface area (Å²) in [5, 5.41) is 12.1. The van der Waals surface area contributed by atoms with E-state index in [0.29, 0.717) is 12.3 Å². The van der Waals surface area contributed by atoms with Crippen LogP contribution in [0.5, 0.6) is 5.75 Å². The van der Waals surface area contributed by atoms with Crippen LogP contribution in [0.2, 0.25) is 0 Å². The number of nitrogens with one attached hydrogen (secondary N) is 1. The zero-order valence-corrected chi connectivity index (χ0v) is 8.57. The Morgan fingerprint density at radius 2 is 2.40 bits per heavy atom. The summed E-state index contributed by atoms with van der Waals surface area (Å²) in [5.74, 6) is 0.815. The molecule has 4 heteroatoms. The molecule has 1 aliphatic rings. The van der Waals surface area contributed by atoms with E-state index < -0.39 is 0 Å². The van der Waals surface area contributed by atoms with E-state index in [9.17, 15) is 0 Å². The first-order valence-corrected chi connectivity index (χ1v) is 5.19. The van der Waals surface area contributed by atoms with Gasteiger partial charge in [-0.15, -0.1) is 0 Å². The fraction of sp³-hybridized carbons (Fsp3) is 0.455. The summed E-state index contributed by atoms with van der Waals surface area (Å²) in [7, 11) is 0. The largest absolute Gasteiger partial charge is 0.489 e. The van der Waals surface area contributed by atoms with Crippen LogP contribution >= 0.6 is 0 Å². The minimum Gasteiger partial charge on any atom is -0.489 e. The summed E-state index contributed by atoms with van der Waals surface area (Å²) in [4.78, 5) is 0. The average Bonchev–Trinajstić information content (AvgIpc) is 2.26. The van der Waals surface area contributed by atoms with Crippen LogP contribution in [0.15, 0.2) is 18.2 Å². The van der Waals surface area contributed by atoms with Gasteiger partial charge < -0.3 is 20.9 Å². The number of ether oxygens (including phenoxy) is 1. The number of nitrogens with two attached hydrogens (primary N) is 1. The lowest BCUT2D eigenvalue weighted by molar-refractivity contribution is 0.249. The molecule has 1 aliphatic heterocycles. The molecule has 1 atom stereocenters. The van der Waals surface area contributed by atoms with E-state index in [4.69, 9.17) is 15.6 Å². The zero-order chi connectivity index (χ0) is 10.7. The minimum absolute atomic E-state index is 0.229. The highest BCUT2D eigenvalue weighted by Gasteiger charge is 2.18. The number of aliphatic hydroxyl groups is 1. The molecule has 82 valence electrons. The molecule has 0 bridgehead atoms. The van der Waals surface area contributed by atoms with Gasteiger partial charge in [-0.25, -0.2) is 0 Å². The van der Waals surface area contributed by atoms with E-state index in [1.54, 1.807) is 0 Å². The number of fused-ring (bicyclic) bond motifs is 1. The Kier molecular flexibility index (Phi) is 2.97. The molecule has 1 heterocycles. The van der Waals surface area contributed by atoms with Crippen LogP contribution in [0.4, 0.5) is 11.4 Å². The van der Waals surface area contributed by atoms with Gasteiger partial charge in [0.25, 0.3) is 0 Å². The summed E-state index contributed by atoms with van der Waals surface area (Å²) >= 11 is 0. The van der Waals surface area contributed by atoms with E-state index in [2.05, 4.69) is 5.32 Å². The molecule has 4 nitrogen and oxygen atoms in total. The maximum Gasteiger partial charge on any atom is 0.144 e. The van der Waals surface area contributed by atoms with E-state index in [-0.39, 0.29) is 12.6 Å². The molecule has 2 rings (SSSR count). The highest BCUT2D eigenvalue weighted by molar-refractivity contribution is 5.63. The molecule has 0 saturated heterocycles. The van der Waals surface area contributed by atoms with Crippen molar-refractivity contribution in [3.05, 3.63) is 18.2 Å². The molecule has 15 heavy (non-hydrogen) atoms.